The van der Waals surface area contributed by atoms with E-state index in [9.17, 15) is 5.11 Å². The molecule has 0 saturated heterocycles. The van der Waals surface area contributed by atoms with E-state index in [0.29, 0.717) is 12.2 Å². The zero-order chi connectivity index (χ0) is 17.6. The molecule has 4 rings (SSSR count). The summed E-state index contributed by atoms with van der Waals surface area (Å²) in [5, 5.41) is 16.2. The average molecular weight is 335 g/mol. The number of phenols is 1. The van der Waals surface area contributed by atoms with E-state index in [0.717, 1.165) is 29.2 Å². The number of hydrogen-bond acceptors (Lipinski definition) is 4. The van der Waals surface area contributed by atoms with Crippen LogP contribution in [0.5, 0.6) is 5.75 Å². The molecule has 0 amide bonds. The number of nitrogens with one attached hydrogen (secondary N) is 1. The molecule has 0 fully saturated rings. The van der Waals surface area contributed by atoms with Crippen LogP contribution in [-0.4, -0.2) is 39.0 Å². The minimum Gasteiger partial charge on any atom is -0.504 e. The van der Waals surface area contributed by atoms with E-state index in [1.54, 1.807) is 0 Å². The van der Waals surface area contributed by atoms with Gasteiger partial charge in [-0.05, 0) is 23.3 Å². The van der Waals surface area contributed by atoms with Crippen molar-refractivity contribution in [3.05, 3.63) is 46.5 Å². The third-order valence-corrected chi connectivity index (χ3v) is 4.99. The van der Waals surface area contributed by atoms with Gasteiger partial charge < -0.3 is 15.3 Å². The van der Waals surface area contributed by atoms with Crippen molar-refractivity contribution in [2.45, 2.75) is 13.0 Å². The minimum atomic E-state index is 0.241. The predicted octanol–water partition coefficient (Wildman–Crippen LogP) is 1.46. The summed E-state index contributed by atoms with van der Waals surface area (Å²) in [5.41, 5.74) is 5.00. The number of aromatic hydroxyl groups is 1. The minimum absolute atomic E-state index is 0.241. The fraction of sp³-hybridized carbons (Fsp3) is 0.300. The Morgan fingerprint density at radius 3 is 2.72 bits per heavy atom. The summed E-state index contributed by atoms with van der Waals surface area (Å²) >= 11 is 0. The molecule has 2 N–H and O–H groups in total. The first-order valence-corrected chi connectivity index (χ1v) is 8.56. The molecule has 5 nitrogen and oxygen atoms in total. The topological polar surface area (TPSA) is 50.9 Å². The van der Waals surface area contributed by atoms with E-state index < -0.39 is 0 Å². The van der Waals surface area contributed by atoms with Crippen molar-refractivity contribution < 1.29 is 5.11 Å². The Labute approximate surface area is 147 Å². The van der Waals surface area contributed by atoms with Gasteiger partial charge >= 0.3 is 0 Å². The SMILES string of the molecule is CN(C)c1ccc(CNc2cc3c4c(c2O)N=CC=4CC[N+]=3C)cc1. The van der Waals surface area contributed by atoms with Crippen molar-refractivity contribution in [1.29, 1.82) is 0 Å². The van der Waals surface area contributed by atoms with Crippen LogP contribution in [0.1, 0.15) is 12.0 Å². The van der Waals surface area contributed by atoms with Crippen LogP contribution in [0.15, 0.2) is 35.3 Å². The molecule has 2 heterocycles. The highest BCUT2D eigenvalue weighted by Gasteiger charge is 2.23. The molecule has 0 bridgehead atoms. The third-order valence-electron chi connectivity index (χ3n) is 4.99. The Kier molecular flexibility index (Phi) is 3.71. The molecule has 5 heteroatoms. The molecule has 25 heavy (non-hydrogen) atoms. The second kappa shape index (κ2) is 5.92. The first kappa shape index (κ1) is 15.7. The largest absolute Gasteiger partial charge is 0.504 e. The number of hydrogen-bond donors (Lipinski definition) is 2. The van der Waals surface area contributed by atoms with Gasteiger partial charge in [0, 0.05) is 45.0 Å². The molecule has 0 radical (unpaired) electrons. The lowest BCUT2D eigenvalue weighted by Gasteiger charge is -2.14. The van der Waals surface area contributed by atoms with Crippen molar-refractivity contribution in [3.8, 4) is 5.75 Å². The van der Waals surface area contributed by atoms with Gasteiger partial charge in [-0.1, -0.05) is 12.1 Å². The fourth-order valence-corrected chi connectivity index (χ4v) is 3.44. The molecule has 0 aliphatic carbocycles. The predicted molar refractivity (Wildman–Crippen MR) is 104 cm³/mol. The Hall–Kier alpha value is -2.82. The average Bonchev–Trinajstić information content (AvgIpc) is 3.04. The van der Waals surface area contributed by atoms with Crippen LogP contribution in [0, 0.1) is 0 Å². The summed E-state index contributed by atoms with van der Waals surface area (Å²) in [6.07, 6.45) is 2.87. The van der Waals surface area contributed by atoms with Crippen molar-refractivity contribution in [1.82, 2.24) is 4.58 Å². The number of nitrogens with zero attached hydrogens (tertiary/aromatic N) is 3. The molecular weight excluding hydrogens is 312 g/mol. The molecule has 0 spiro atoms. The number of rotatable bonds is 4. The van der Waals surface area contributed by atoms with Gasteiger partial charge in [-0.25, -0.2) is 4.58 Å². The van der Waals surface area contributed by atoms with Gasteiger partial charge in [-0.3, -0.25) is 4.99 Å². The monoisotopic (exact) mass is 335 g/mol. The fourth-order valence-electron chi connectivity index (χ4n) is 3.44. The van der Waals surface area contributed by atoms with Crippen molar-refractivity contribution in [3.63, 3.8) is 0 Å². The smallest absolute Gasteiger partial charge is 0.211 e. The lowest BCUT2D eigenvalue weighted by molar-refractivity contribution is 0.477. The summed E-state index contributed by atoms with van der Waals surface area (Å²) in [4.78, 5) is 6.53. The third kappa shape index (κ3) is 2.65. The second-order valence-electron chi connectivity index (χ2n) is 6.88. The lowest BCUT2D eigenvalue weighted by atomic mass is 10.1. The second-order valence-corrected chi connectivity index (χ2v) is 6.88. The van der Waals surface area contributed by atoms with Gasteiger partial charge in [-0.2, -0.15) is 0 Å². The van der Waals surface area contributed by atoms with Crippen LogP contribution in [0.2, 0.25) is 0 Å². The quantitative estimate of drug-likeness (QED) is 0.657. The van der Waals surface area contributed by atoms with E-state index in [1.807, 2.05) is 26.4 Å². The maximum atomic E-state index is 10.6. The molecule has 2 aromatic carbocycles. The molecule has 2 aliphatic rings. The number of phenolic OH excluding ortho intramolecular Hbond substituents is 1. The van der Waals surface area contributed by atoms with Gasteiger partial charge in [0.15, 0.2) is 5.75 Å². The van der Waals surface area contributed by atoms with Crippen LogP contribution in [0.3, 0.4) is 0 Å². The van der Waals surface area contributed by atoms with Crippen LogP contribution in [0.25, 0.3) is 5.57 Å². The Balaban J connectivity index is 1.66. The van der Waals surface area contributed by atoms with Crippen molar-refractivity contribution in [2.24, 2.45) is 4.99 Å². The molecule has 128 valence electrons. The Bertz CT molecular complexity index is 988. The van der Waals surface area contributed by atoms with E-state index in [-0.39, 0.29) is 5.75 Å². The summed E-state index contributed by atoms with van der Waals surface area (Å²) in [7, 11) is 6.15. The van der Waals surface area contributed by atoms with Gasteiger partial charge in [0.2, 0.25) is 5.36 Å². The van der Waals surface area contributed by atoms with E-state index in [1.165, 1.54) is 16.8 Å². The zero-order valence-corrected chi connectivity index (χ0v) is 14.9. The summed E-state index contributed by atoms with van der Waals surface area (Å²) in [6, 6.07) is 10.4. The van der Waals surface area contributed by atoms with Crippen LogP contribution in [0.4, 0.5) is 17.1 Å². The Morgan fingerprint density at radius 2 is 2.00 bits per heavy atom. The van der Waals surface area contributed by atoms with E-state index in [4.69, 9.17) is 0 Å². The molecule has 0 atom stereocenters. The number of aliphatic imine (C=N–C) groups is 1. The zero-order valence-electron chi connectivity index (χ0n) is 14.9. The number of anilines is 2. The lowest BCUT2D eigenvalue weighted by Crippen LogP contribution is -2.43. The maximum Gasteiger partial charge on any atom is 0.211 e. The highest BCUT2D eigenvalue weighted by molar-refractivity contribution is 6.08. The molecule has 0 aromatic heterocycles. The first-order chi connectivity index (χ1) is 12.0. The standard InChI is InChI=1S/C20H22N4O/c1-23(2)15-6-4-13(5-7-15)11-21-16-10-17-18-14(8-9-24(17)3)12-22-19(18)20(16)25/h4-7,10,12H,8-9,11H2,1-3H3,(H,21,22,25)/p+1. The highest BCUT2D eigenvalue weighted by atomic mass is 16.3. The van der Waals surface area contributed by atoms with Crippen molar-refractivity contribution in [2.75, 3.05) is 37.9 Å². The molecular formula is C20H23N4O+. The van der Waals surface area contributed by atoms with Crippen molar-refractivity contribution >= 4 is 28.8 Å². The normalized spacial score (nSPS) is 14.7. The molecule has 0 saturated carbocycles. The summed E-state index contributed by atoms with van der Waals surface area (Å²) in [5.74, 6) is 0.241. The molecule has 0 unspecified atom stereocenters. The van der Waals surface area contributed by atoms with Gasteiger partial charge in [0.1, 0.15) is 19.3 Å². The summed E-state index contributed by atoms with van der Waals surface area (Å²) in [6.45, 7) is 1.63. The Morgan fingerprint density at radius 1 is 1.24 bits per heavy atom. The van der Waals surface area contributed by atoms with Crippen LogP contribution < -0.4 is 25.4 Å². The van der Waals surface area contributed by atoms with Gasteiger partial charge in [0.05, 0.1) is 10.9 Å². The molecule has 2 aliphatic heterocycles. The van der Waals surface area contributed by atoms with E-state index in [2.05, 4.69) is 51.1 Å². The maximum absolute atomic E-state index is 10.6. The summed E-state index contributed by atoms with van der Waals surface area (Å²) < 4.78 is 2.23. The van der Waals surface area contributed by atoms with Gasteiger partial charge in [0.25, 0.3) is 0 Å². The van der Waals surface area contributed by atoms with Crippen LogP contribution in [-0.2, 0) is 6.54 Å². The molecule has 2 aromatic rings. The van der Waals surface area contributed by atoms with E-state index >= 15 is 0 Å². The highest BCUT2D eigenvalue weighted by Crippen LogP contribution is 2.33. The number of benzene rings is 2. The van der Waals surface area contributed by atoms with Gasteiger partial charge in [-0.15, -0.1) is 0 Å². The first-order valence-electron chi connectivity index (χ1n) is 8.56. The van der Waals surface area contributed by atoms with Crippen LogP contribution >= 0.6 is 0 Å².